The largest absolute Gasteiger partial charge is 0.468 e. The first-order valence-corrected chi connectivity index (χ1v) is 8.82. The average Bonchev–Trinajstić information content (AvgIpc) is 3.03. The number of amides is 1. The predicted octanol–water partition coefficient (Wildman–Crippen LogP) is 2.41. The van der Waals surface area contributed by atoms with Crippen LogP contribution in [0, 0.1) is 0 Å². The molecule has 0 aromatic heterocycles. The number of methoxy groups -OCH3 is 1. The first kappa shape index (κ1) is 18.1. The average molecular weight is 357 g/mol. The minimum atomic E-state index is -0.460. The van der Waals surface area contributed by atoms with Gasteiger partial charge in [0.15, 0.2) is 0 Å². The van der Waals surface area contributed by atoms with E-state index < -0.39 is 6.04 Å². The highest BCUT2D eigenvalue weighted by Crippen LogP contribution is 2.40. The van der Waals surface area contributed by atoms with Gasteiger partial charge < -0.3 is 9.64 Å². The summed E-state index contributed by atoms with van der Waals surface area (Å²) in [5.74, 6) is 0.509. The molecule has 1 fully saturated rings. The van der Waals surface area contributed by atoms with Gasteiger partial charge in [0.25, 0.3) is 0 Å². The van der Waals surface area contributed by atoms with Crippen LogP contribution in [0.3, 0.4) is 0 Å². The van der Waals surface area contributed by atoms with E-state index in [0.29, 0.717) is 11.6 Å². The lowest BCUT2D eigenvalue weighted by molar-refractivity contribution is -0.146. The van der Waals surface area contributed by atoms with E-state index in [0.717, 1.165) is 11.3 Å². The Morgan fingerprint density at radius 3 is 2.83 bits per heavy atom. The van der Waals surface area contributed by atoms with E-state index in [-0.39, 0.29) is 23.8 Å². The van der Waals surface area contributed by atoms with E-state index in [9.17, 15) is 9.59 Å². The summed E-state index contributed by atoms with van der Waals surface area (Å²) in [5, 5.41) is 0.596. The van der Waals surface area contributed by atoms with Gasteiger partial charge in [-0.2, -0.15) is 0 Å². The molecule has 1 aromatic rings. The van der Waals surface area contributed by atoms with Crippen LogP contribution >= 0.6 is 23.4 Å². The Balaban J connectivity index is 2.07. The summed E-state index contributed by atoms with van der Waals surface area (Å²) in [6.07, 6.45) is 0. The van der Waals surface area contributed by atoms with Crippen LogP contribution < -0.4 is 0 Å². The highest BCUT2D eigenvalue weighted by molar-refractivity contribution is 7.99. The molecule has 126 valence electrons. The molecule has 0 radical (unpaired) electrons. The molecule has 0 N–H and O–H groups in total. The molecule has 1 amide bonds. The van der Waals surface area contributed by atoms with Crippen LogP contribution in [-0.2, 0) is 14.3 Å². The van der Waals surface area contributed by atoms with Crippen LogP contribution in [0.1, 0.15) is 17.9 Å². The van der Waals surface area contributed by atoms with Gasteiger partial charge >= 0.3 is 5.97 Å². The summed E-state index contributed by atoms with van der Waals surface area (Å²) in [4.78, 5) is 27.7. The van der Waals surface area contributed by atoms with Gasteiger partial charge in [0.05, 0.1) is 13.7 Å². The molecule has 1 saturated heterocycles. The number of rotatable bonds is 5. The molecule has 7 heteroatoms. The Bertz CT molecular complexity index is 584. The SMILES string of the molecule is COC(=O)C(C)N(C)CC(=O)N1CCSC1c1ccccc1Cl. The van der Waals surface area contributed by atoms with Crippen molar-refractivity contribution in [2.75, 3.05) is 33.0 Å². The number of likely N-dealkylation sites (N-methyl/N-ethyl adjacent to an activating group) is 1. The number of nitrogens with zero attached hydrogens (tertiary/aromatic N) is 2. The van der Waals surface area contributed by atoms with Gasteiger partial charge in [-0.25, -0.2) is 0 Å². The van der Waals surface area contributed by atoms with Gasteiger partial charge in [-0.15, -0.1) is 11.8 Å². The number of carbonyl (C=O) groups excluding carboxylic acids is 2. The molecule has 1 aliphatic rings. The Kier molecular flexibility index (Phi) is 6.33. The maximum Gasteiger partial charge on any atom is 0.322 e. The zero-order chi connectivity index (χ0) is 17.0. The predicted molar refractivity (Wildman–Crippen MR) is 92.5 cm³/mol. The van der Waals surface area contributed by atoms with Crippen LogP contribution in [-0.4, -0.2) is 60.7 Å². The molecule has 2 atom stereocenters. The van der Waals surface area contributed by atoms with Gasteiger partial charge in [0.2, 0.25) is 5.91 Å². The fraction of sp³-hybridized carbons (Fsp3) is 0.500. The number of halogens is 1. The Morgan fingerprint density at radius 1 is 1.48 bits per heavy atom. The molecule has 0 bridgehead atoms. The normalized spacial score (nSPS) is 19.0. The van der Waals surface area contributed by atoms with Crippen molar-refractivity contribution in [1.82, 2.24) is 9.80 Å². The molecular weight excluding hydrogens is 336 g/mol. The summed E-state index contributed by atoms with van der Waals surface area (Å²) in [6, 6.07) is 7.13. The van der Waals surface area contributed by atoms with E-state index in [4.69, 9.17) is 16.3 Å². The molecule has 23 heavy (non-hydrogen) atoms. The van der Waals surface area contributed by atoms with Crippen molar-refractivity contribution >= 4 is 35.2 Å². The monoisotopic (exact) mass is 356 g/mol. The van der Waals surface area contributed by atoms with E-state index in [1.165, 1.54) is 7.11 Å². The summed E-state index contributed by atoms with van der Waals surface area (Å²) in [5.41, 5.74) is 0.952. The highest BCUT2D eigenvalue weighted by Gasteiger charge is 2.33. The highest BCUT2D eigenvalue weighted by atomic mass is 35.5. The van der Waals surface area contributed by atoms with Crippen LogP contribution in [0.25, 0.3) is 0 Å². The Labute approximate surface area is 145 Å². The number of esters is 1. The minimum Gasteiger partial charge on any atom is -0.468 e. The molecule has 1 heterocycles. The van der Waals surface area contributed by atoms with Gasteiger partial charge in [-0.05, 0) is 20.0 Å². The van der Waals surface area contributed by atoms with Crippen molar-refractivity contribution in [2.45, 2.75) is 18.3 Å². The molecule has 0 saturated carbocycles. The lowest BCUT2D eigenvalue weighted by Gasteiger charge is -2.28. The molecule has 1 aromatic carbocycles. The Morgan fingerprint density at radius 2 is 2.17 bits per heavy atom. The second-order valence-electron chi connectivity index (χ2n) is 5.45. The lowest BCUT2D eigenvalue weighted by Crippen LogP contribution is -2.44. The van der Waals surface area contributed by atoms with Gasteiger partial charge in [0, 0.05) is 22.9 Å². The molecule has 0 aliphatic carbocycles. The van der Waals surface area contributed by atoms with Crippen LogP contribution in [0.5, 0.6) is 0 Å². The maximum atomic E-state index is 12.6. The van der Waals surface area contributed by atoms with Gasteiger partial charge in [-0.1, -0.05) is 29.8 Å². The molecular formula is C16H21ClN2O3S. The number of carbonyl (C=O) groups is 2. The van der Waals surface area contributed by atoms with Crippen molar-refractivity contribution in [3.05, 3.63) is 34.9 Å². The van der Waals surface area contributed by atoms with E-state index in [1.807, 2.05) is 29.2 Å². The Hall–Kier alpha value is -1.24. The molecule has 5 nitrogen and oxygen atoms in total. The van der Waals surface area contributed by atoms with Crippen molar-refractivity contribution < 1.29 is 14.3 Å². The number of hydrogen-bond donors (Lipinski definition) is 0. The van der Waals surface area contributed by atoms with Crippen molar-refractivity contribution in [3.63, 3.8) is 0 Å². The smallest absolute Gasteiger partial charge is 0.322 e. The third kappa shape index (κ3) is 4.19. The van der Waals surface area contributed by atoms with Crippen molar-refractivity contribution in [3.8, 4) is 0 Å². The van der Waals surface area contributed by atoms with E-state index >= 15 is 0 Å². The van der Waals surface area contributed by atoms with Crippen molar-refractivity contribution in [2.24, 2.45) is 0 Å². The van der Waals surface area contributed by atoms with Crippen LogP contribution in [0.2, 0.25) is 5.02 Å². The topological polar surface area (TPSA) is 49.9 Å². The van der Waals surface area contributed by atoms with E-state index in [2.05, 4.69) is 0 Å². The summed E-state index contributed by atoms with van der Waals surface area (Å²) < 4.78 is 4.72. The van der Waals surface area contributed by atoms with Crippen LogP contribution in [0.4, 0.5) is 0 Å². The maximum absolute atomic E-state index is 12.6. The third-order valence-electron chi connectivity index (χ3n) is 3.97. The molecule has 1 aliphatic heterocycles. The fourth-order valence-corrected chi connectivity index (χ4v) is 4.07. The second-order valence-corrected chi connectivity index (χ2v) is 7.04. The molecule has 2 rings (SSSR count). The minimum absolute atomic E-state index is 0.0156. The van der Waals surface area contributed by atoms with E-state index in [1.54, 1.807) is 30.6 Å². The first-order valence-electron chi connectivity index (χ1n) is 7.39. The molecule has 2 unspecified atom stereocenters. The number of thioether (sulfide) groups is 1. The quantitative estimate of drug-likeness (QED) is 0.758. The van der Waals surface area contributed by atoms with Gasteiger partial charge in [0.1, 0.15) is 11.4 Å². The van der Waals surface area contributed by atoms with Crippen molar-refractivity contribution in [1.29, 1.82) is 0 Å². The standard InChI is InChI=1S/C16H21ClN2O3S/c1-11(16(21)22-3)18(2)10-14(20)19-8-9-23-15(19)12-6-4-5-7-13(12)17/h4-7,11,15H,8-10H2,1-3H3. The summed E-state index contributed by atoms with van der Waals surface area (Å²) in [7, 11) is 3.09. The zero-order valence-corrected chi connectivity index (χ0v) is 15.1. The lowest BCUT2D eigenvalue weighted by atomic mass is 10.2. The van der Waals surface area contributed by atoms with Crippen LogP contribution in [0.15, 0.2) is 24.3 Å². The first-order chi connectivity index (χ1) is 11.0. The second kappa shape index (κ2) is 8.04. The summed E-state index contributed by atoms with van der Waals surface area (Å²) >= 11 is 7.97. The zero-order valence-electron chi connectivity index (χ0n) is 13.5. The van der Waals surface area contributed by atoms with Gasteiger partial charge in [-0.3, -0.25) is 14.5 Å². The third-order valence-corrected chi connectivity index (χ3v) is 5.56. The fourth-order valence-electron chi connectivity index (χ4n) is 2.45. The number of ether oxygens (including phenoxy) is 1. The molecule has 0 spiro atoms. The number of hydrogen-bond acceptors (Lipinski definition) is 5. The summed E-state index contributed by atoms with van der Waals surface area (Å²) in [6.45, 7) is 2.57. The number of benzene rings is 1.